The summed E-state index contributed by atoms with van der Waals surface area (Å²) in [6, 6.07) is 11.7. The number of aromatic nitrogens is 3. The summed E-state index contributed by atoms with van der Waals surface area (Å²) in [6.45, 7) is 0. The minimum atomic E-state index is -0.284. The molecule has 3 rings (SSSR count). The Balaban J connectivity index is 1.98. The zero-order chi connectivity index (χ0) is 14.8. The van der Waals surface area contributed by atoms with Crippen LogP contribution in [-0.2, 0) is 7.05 Å². The Labute approximate surface area is 131 Å². The molecule has 0 radical (unpaired) electrons. The normalized spacial score (nSPS) is 12.3. The Morgan fingerprint density at radius 1 is 1.14 bits per heavy atom. The number of hydrogen-bond acceptors (Lipinski definition) is 3. The number of benzene rings is 1. The lowest BCUT2D eigenvalue weighted by Crippen LogP contribution is -2.17. The second-order valence-electron chi connectivity index (χ2n) is 4.83. The number of nitrogens with two attached hydrogens (primary N) is 1. The molecule has 0 bridgehead atoms. The van der Waals surface area contributed by atoms with E-state index in [1.165, 1.54) is 0 Å². The molecule has 0 aliphatic heterocycles. The number of nitrogens with zero attached hydrogens (tertiary/aromatic N) is 3. The molecule has 4 nitrogen and oxygen atoms in total. The van der Waals surface area contributed by atoms with Gasteiger partial charge in [0.1, 0.15) is 5.82 Å². The van der Waals surface area contributed by atoms with Gasteiger partial charge in [-0.15, -0.1) is 0 Å². The fraction of sp³-hybridized carbons (Fsp3) is 0.125. The first-order valence-corrected chi connectivity index (χ1v) is 7.39. The topological polar surface area (TPSA) is 56.7 Å². The van der Waals surface area contributed by atoms with Crippen molar-refractivity contribution in [2.75, 3.05) is 0 Å². The van der Waals surface area contributed by atoms with Gasteiger partial charge in [0.2, 0.25) is 0 Å². The summed E-state index contributed by atoms with van der Waals surface area (Å²) in [4.78, 5) is 8.60. The summed E-state index contributed by atoms with van der Waals surface area (Å²) in [7, 11) is 1.98. The van der Waals surface area contributed by atoms with Crippen molar-refractivity contribution in [3.05, 3.63) is 70.8 Å². The van der Waals surface area contributed by atoms with Gasteiger partial charge in [0.25, 0.3) is 0 Å². The van der Waals surface area contributed by atoms with Crippen LogP contribution in [0.1, 0.15) is 17.4 Å². The molecule has 0 saturated carbocycles. The second-order valence-corrected chi connectivity index (χ2v) is 5.75. The van der Waals surface area contributed by atoms with E-state index in [1.807, 2.05) is 42.1 Å². The predicted octanol–water partition coefficient (Wildman–Crippen LogP) is 3.29. The van der Waals surface area contributed by atoms with E-state index < -0.39 is 0 Å². The predicted molar refractivity (Wildman–Crippen MR) is 86.6 cm³/mol. The maximum atomic E-state index is 6.30. The Kier molecular flexibility index (Phi) is 3.86. The molecule has 1 atom stereocenters. The van der Waals surface area contributed by atoms with Gasteiger partial charge in [0.05, 0.1) is 17.9 Å². The molecular weight excluding hydrogens is 328 g/mol. The maximum Gasteiger partial charge on any atom is 0.130 e. The van der Waals surface area contributed by atoms with E-state index in [0.29, 0.717) is 0 Å². The third-order valence-corrected chi connectivity index (χ3v) is 4.01. The van der Waals surface area contributed by atoms with E-state index in [2.05, 4.69) is 38.0 Å². The first-order valence-electron chi connectivity index (χ1n) is 6.60. The van der Waals surface area contributed by atoms with Crippen LogP contribution in [-0.4, -0.2) is 14.5 Å². The van der Waals surface area contributed by atoms with Crippen LogP contribution < -0.4 is 5.73 Å². The van der Waals surface area contributed by atoms with Gasteiger partial charge < -0.3 is 10.3 Å². The molecule has 2 heterocycles. The summed E-state index contributed by atoms with van der Waals surface area (Å²) < 4.78 is 3.08. The van der Waals surface area contributed by atoms with Gasteiger partial charge in [0, 0.05) is 23.9 Å². The third kappa shape index (κ3) is 2.75. The zero-order valence-corrected chi connectivity index (χ0v) is 13.2. The van der Waals surface area contributed by atoms with Crippen molar-refractivity contribution < 1.29 is 0 Å². The SMILES string of the molecule is Cn1c(-c2ccc(Br)cc2)cnc1C(N)c1cccnc1. The Bertz CT molecular complexity index is 735. The smallest absolute Gasteiger partial charge is 0.130 e. The van der Waals surface area contributed by atoms with E-state index in [1.54, 1.807) is 12.4 Å². The number of pyridine rings is 1. The van der Waals surface area contributed by atoms with E-state index in [9.17, 15) is 0 Å². The van der Waals surface area contributed by atoms with Gasteiger partial charge in [-0.2, -0.15) is 0 Å². The molecule has 2 N–H and O–H groups in total. The quantitative estimate of drug-likeness (QED) is 0.794. The van der Waals surface area contributed by atoms with Crippen LogP contribution in [0.5, 0.6) is 0 Å². The molecule has 0 aliphatic rings. The molecule has 0 fully saturated rings. The average Bonchev–Trinajstić information content (AvgIpc) is 2.90. The molecule has 0 saturated heterocycles. The number of imidazole rings is 1. The van der Waals surface area contributed by atoms with Crippen LogP contribution in [0, 0.1) is 0 Å². The molecule has 0 spiro atoms. The van der Waals surface area contributed by atoms with Crippen molar-refractivity contribution in [1.29, 1.82) is 0 Å². The molecule has 21 heavy (non-hydrogen) atoms. The lowest BCUT2D eigenvalue weighted by Gasteiger charge is -2.13. The molecule has 1 aromatic carbocycles. The van der Waals surface area contributed by atoms with E-state index >= 15 is 0 Å². The molecule has 1 unspecified atom stereocenters. The van der Waals surface area contributed by atoms with Crippen LogP contribution in [0.4, 0.5) is 0 Å². The second kappa shape index (κ2) is 5.79. The molecule has 0 aliphatic carbocycles. The highest BCUT2D eigenvalue weighted by Crippen LogP contribution is 2.25. The van der Waals surface area contributed by atoms with Crippen LogP contribution in [0.25, 0.3) is 11.3 Å². The van der Waals surface area contributed by atoms with Crippen LogP contribution in [0.15, 0.2) is 59.5 Å². The molecule has 106 valence electrons. The monoisotopic (exact) mass is 342 g/mol. The van der Waals surface area contributed by atoms with Crippen molar-refractivity contribution >= 4 is 15.9 Å². The highest BCUT2D eigenvalue weighted by atomic mass is 79.9. The van der Waals surface area contributed by atoms with Crippen LogP contribution >= 0.6 is 15.9 Å². The number of halogens is 1. The molecule has 0 amide bonds. The van der Waals surface area contributed by atoms with Crippen molar-refractivity contribution in [1.82, 2.24) is 14.5 Å². The Morgan fingerprint density at radius 2 is 1.90 bits per heavy atom. The molecule has 2 aromatic heterocycles. The minimum absolute atomic E-state index is 0.284. The Morgan fingerprint density at radius 3 is 2.57 bits per heavy atom. The summed E-state index contributed by atoms with van der Waals surface area (Å²) in [5, 5.41) is 0. The van der Waals surface area contributed by atoms with Gasteiger partial charge in [-0.05, 0) is 29.3 Å². The standard InChI is InChI=1S/C16H15BrN4/c1-21-14(11-4-6-13(17)7-5-11)10-20-16(21)15(18)12-3-2-8-19-9-12/h2-10,15H,18H2,1H3. The van der Waals surface area contributed by atoms with Gasteiger partial charge in [-0.25, -0.2) is 4.98 Å². The van der Waals surface area contributed by atoms with Crippen molar-refractivity contribution in [3.8, 4) is 11.3 Å². The lowest BCUT2D eigenvalue weighted by atomic mass is 10.1. The molecular formula is C16H15BrN4. The first kappa shape index (κ1) is 14.0. The van der Waals surface area contributed by atoms with Gasteiger partial charge in [0.15, 0.2) is 0 Å². The van der Waals surface area contributed by atoms with Crippen LogP contribution in [0.3, 0.4) is 0 Å². The van der Waals surface area contributed by atoms with Crippen molar-refractivity contribution in [2.24, 2.45) is 12.8 Å². The van der Waals surface area contributed by atoms with Gasteiger partial charge >= 0.3 is 0 Å². The first-order chi connectivity index (χ1) is 10.2. The van der Waals surface area contributed by atoms with Crippen molar-refractivity contribution in [2.45, 2.75) is 6.04 Å². The van der Waals surface area contributed by atoms with E-state index in [0.717, 1.165) is 27.1 Å². The largest absolute Gasteiger partial charge is 0.330 e. The van der Waals surface area contributed by atoms with E-state index in [-0.39, 0.29) is 6.04 Å². The van der Waals surface area contributed by atoms with E-state index in [4.69, 9.17) is 5.73 Å². The number of hydrogen-bond donors (Lipinski definition) is 1. The zero-order valence-electron chi connectivity index (χ0n) is 11.6. The average molecular weight is 343 g/mol. The fourth-order valence-corrected chi connectivity index (χ4v) is 2.57. The Hall–Kier alpha value is -1.98. The van der Waals surface area contributed by atoms with Gasteiger partial charge in [-0.1, -0.05) is 34.1 Å². The lowest BCUT2D eigenvalue weighted by molar-refractivity contribution is 0.717. The summed E-state index contributed by atoms with van der Waals surface area (Å²) in [6.07, 6.45) is 5.37. The van der Waals surface area contributed by atoms with Crippen LogP contribution in [0.2, 0.25) is 0 Å². The summed E-state index contributed by atoms with van der Waals surface area (Å²) in [5.41, 5.74) is 9.40. The minimum Gasteiger partial charge on any atom is -0.330 e. The third-order valence-electron chi connectivity index (χ3n) is 3.49. The van der Waals surface area contributed by atoms with Crippen molar-refractivity contribution in [3.63, 3.8) is 0 Å². The van der Waals surface area contributed by atoms with Gasteiger partial charge in [-0.3, -0.25) is 4.98 Å². The molecule has 3 aromatic rings. The highest BCUT2D eigenvalue weighted by Gasteiger charge is 2.16. The maximum absolute atomic E-state index is 6.30. The summed E-state index contributed by atoms with van der Waals surface area (Å²) >= 11 is 3.45. The number of rotatable bonds is 3. The summed E-state index contributed by atoms with van der Waals surface area (Å²) in [5.74, 6) is 0.820. The fourth-order valence-electron chi connectivity index (χ4n) is 2.31. The molecule has 5 heteroatoms. The highest BCUT2D eigenvalue weighted by molar-refractivity contribution is 9.10.